The van der Waals surface area contributed by atoms with Gasteiger partial charge >= 0.3 is 0 Å². The molecule has 0 N–H and O–H groups in total. The summed E-state index contributed by atoms with van der Waals surface area (Å²) in [7, 11) is 0. The lowest BCUT2D eigenvalue weighted by Gasteiger charge is -2.35. The van der Waals surface area contributed by atoms with Crippen LogP contribution in [0, 0.1) is 5.92 Å². The van der Waals surface area contributed by atoms with E-state index in [2.05, 4.69) is 24.8 Å². The van der Waals surface area contributed by atoms with Gasteiger partial charge in [0.25, 0.3) is 11.7 Å². The minimum absolute atomic E-state index is 0.132. The van der Waals surface area contributed by atoms with Crippen LogP contribution in [-0.2, 0) is 4.79 Å². The van der Waals surface area contributed by atoms with Crippen LogP contribution in [0.4, 0.5) is 0 Å². The van der Waals surface area contributed by atoms with E-state index in [9.17, 15) is 9.59 Å². The Morgan fingerprint density at radius 1 is 1.26 bits per heavy atom. The summed E-state index contributed by atoms with van der Waals surface area (Å²) in [4.78, 5) is 28.9. The molecule has 4 rings (SSSR count). The summed E-state index contributed by atoms with van der Waals surface area (Å²) in [5, 5.41) is 0. The van der Waals surface area contributed by atoms with Crippen molar-refractivity contribution in [3.05, 3.63) is 35.8 Å². The molecule has 0 aliphatic carbocycles. The summed E-state index contributed by atoms with van der Waals surface area (Å²) in [6.45, 7) is 7.46. The number of hydrogen-bond donors (Lipinski definition) is 0. The second-order valence-electron chi connectivity index (χ2n) is 6.85. The number of amides is 1. The third-order valence-electron chi connectivity index (χ3n) is 4.79. The van der Waals surface area contributed by atoms with Gasteiger partial charge in [0.05, 0.1) is 6.26 Å². The van der Waals surface area contributed by atoms with Crippen LogP contribution in [0.3, 0.4) is 0 Å². The highest BCUT2D eigenvalue weighted by Crippen LogP contribution is 2.28. The van der Waals surface area contributed by atoms with Crippen molar-refractivity contribution in [3.8, 4) is 0 Å². The molecule has 0 aromatic carbocycles. The average Bonchev–Trinajstić information content (AvgIpc) is 2.92. The van der Waals surface area contributed by atoms with Crippen LogP contribution < -0.4 is 0 Å². The zero-order valence-electron chi connectivity index (χ0n) is 13.8. The molecule has 1 aromatic rings. The highest BCUT2D eigenvalue weighted by Gasteiger charge is 2.38. The number of hydrogen-bond acceptors (Lipinski definition) is 4. The average molecular weight is 316 g/mol. The zero-order chi connectivity index (χ0) is 16.4. The van der Waals surface area contributed by atoms with Gasteiger partial charge in [0, 0.05) is 32.2 Å². The number of ketones is 1. The smallest absolute Gasteiger partial charge is 0.298 e. The van der Waals surface area contributed by atoms with Gasteiger partial charge in [-0.15, -0.1) is 0 Å². The minimum atomic E-state index is -0.535. The van der Waals surface area contributed by atoms with E-state index in [-0.39, 0.29) is 5.76 Å². The topological polar surface area (TPSA) is 53.8 Å². The fraction of sp³-hybridized carbons (Fsp3) is 0.556. The number of furan rings is 1. The van der Waals surface area contributed by atoms with Crippen LogP contribution in [-0.4, -0.2) is 53.7 Å². The first-order valence-electron chi connectivity index (χ1n) is 8.29. The van der Waals surface area contributed by atoms with Crippen molar-refractivity contribution < 1.29 is 14.0 Å². The summed E-state index contributed by atoms with van der Waals surface area (Å²) in [6, 6.07) is 3.53. The summed E-state index contributed by atoms with van der Waals surface area (Å²) in [6.07, 6.45) is 5.89. The van der Waals surface area contributed by atoms with Crippen molar-refractivity contribution in [3.63, 3.8) is 0 Å². The zero-order valence-corrected chi connectivity index (χ0v) is 13.8. The molecule has 5 nitrogen and oxygen atoms in total. The monoisotopic (exact) mass is 316 g/mol. The standard InChI is InChI=1S/C18H24N2O3/c1-13(2)7-8-19-10-14-5-6-15(19)12-20(11-14)18(22)17(21)16-4-3-9-23-16/h3-4,7,9,14-15H,5-6,8,10-12H2,1-2H3/t14-,15-/m0/s1. The van der Waals surface area contributed by atoms with E-state index in [1.165, 1.54) is 11.8 Å². The lowest BCUT2D eigenvalue weighted by Crippen LogP contribution is -2.45. The summed E-state index contributed by atoms with van der Waals surface area (Å²) >= 11 is 0. The molecule has 2 bridgehead atoms. The molecule has 0 unspecified atom stereocenters. The largest absolute Gasteiger partial charge is 0.461 e. The van der Waals surface area contributed by atoms with Gasteiger partial charge < -0.3 is 9.32 Å². The summed E-state index contributed by atoms with van der Waals surface area (Å²) in [5.41, 5.74) is 1.31. The second kappa shape index (κ2) is 6.71. The minimum Gasteiger partial charge on any atom is -0.461 e. The highest BCUT2D eigenvalue weighted by atomic mass is 16.3. The quantitative estimate of drug-likeness (QED) is 0.486. The first kappa shape index (κ1) is 16.0. The van der Waals surface area contributed by atoms with Gasteiger partial charge in [-0.2, -0.15) is 0 Å². The van der Waals surface area contributed by atoms with Gasteiger partial charge in [0.1, 0.15) is 0 Å². The van der Waals surface area contributed by atoms with Crippen molar-refractivity contribution in [1.82, 2.24) is 9.80 Å². The third kappa shape index (κ3) is 3.55. The van der Waals surface area contributed by atoms with Crippen LogP contribution in [0.1, 0.15) is 37.2 Å². The van der Waals surface area contributed by atoms with E-state index in [4.69, 9.17) is 4.42 Å². The van der Waals surface area contributed by atoms with Crippen LogP contribution in [0.15, 0.2) is 34.5 Å². The van der Waals surface area contributed by atoms with Crippen molar-refractivity contribution in [2.45, 2.75) is 32.7 Å². The number of carbonyl (C=O) groups is 2. The Labute approximate surface area is 136 Å². The number of allylic oxidation sites excluding steroid dienone is 1. The maximum atomic E-state index is 12.5. The van der Waals surface area contributed by atoms with Crippen molar-refractivity contribution in [1.29, 1.82) is 0 Å². The third-order valence-corrected chi connectivity index (χ3v) is 4.79. The molecule has 2 atom stereocenters. The summed E-state index contributed by atoms with van der Waals surface area (Å²) in [5.74, 6) is -0.381. The molecular formula is C18H24N2O3. The Morgan fingerprint density at radius 2 is 2.09 bits per heavy atom. The number of fused-ring (bicyclic) bond motifs is 4. The Balaban J connectivity index is 1.70. The lowest BCUT2D eigenvalue weighted by molar-refractivity contribution is -0.126. The molecule has 3 fully saturated rings. The normalized spacial score (nSPS) is 24.3. The molecule has 5 heteroatoms. The van der Waals surface area contributed by atoms with E-state index in [0.717, 1.165) is 25.9 Å². The van der Waals surface area contributed by atoms with E-state index >= 15 is 0 Å². The Kier molecular flexibility index (Phi) is 4.66. The fourth-order valence-electron chi connectivity index (χ4n) is 3.53. The van der Waals surface area contributed by atoms with Crippen LogP contribution in [0.2, 0.25) is 0 Å². The van der Waals surface area contributed by atoms with Crippen LogP contribution in [0.5, 0.6) is 0 Å². The van der Waals surface area contributed by atoms with Crippen LogP contribution >= 0.6 is 0 Å². The molecule has 3 saturated heterocycles. The predicted molar refractivity (Wildman–Crippen MR) is 87.1 cm³/mol. The molecule has 0 radical (unpaired) electrons. The number of carbonyl (C=O) groups excluding carboxylic acids is 2. The first-order chi connectivity index (χ1) is 11.0. The fourth-order valence-corrected chi connectivity index (χ4v) is 3.53. The van der Waals surface area contributed by atoms with Gasteiger partial charge in [0.2, 0.25) is 0 Å². The molecule has 23 heavy (non-hydrogen) atoms. The molecular weight excluding hydrogens is 292 g/mol. The number of Topliss-reactive ketones (excluding diaryl/α,β-unsaturated/α-hetero) is 1. The van der Waals surface area contributed by atoms with E-state index in [0.29, 0.717) is 25.0 Å². The van der Waals surface area contributed by atoms with E-state index < -0.39 is 11.7 Å². The van der Waals surface area contributed by atoms with Crippen LogP contribution in [0.25, 0.3) is 0 Å². The van der Waals surface area contributed by atoms with E-state index in [1.54, 1.807) is 17.0 Å². The van der Waals surface area contributed by atoms with Gasteiger partial charge in [-0.3, -0.25) is 14.5 Å². The molecule has 0 spiro atoms. The SMILES string of the molecule is CC(C)=CCN1C[C@@H]2CC[C@H]1CN(C(=O)C(=O)c1ccco1)C2. The van der Waals surface area contributed by atoms with Crippen molar-refractivity contribution in [2.75, 3.05) is 26.2 Å². The Bertz CT molecular complexity index is 602. The van der Waals surface area contributed by atoms with E-state index in [1.807, 2.05) is 0 Å². The number of rotatable bonds is 4. The highest BCUT2D eigenvalue weighted by molar-refractivity contribution is 6.41. The molecule has 0 saturated carbocycles. The van der Waals surface area contributed by atoms with Crippen molar-refractivity contribution in [2.24, 2.45) is 5.92 Å². The van der Waals surface area contributed by atoms with Gasteiger partial charge in [-0.25, -0.2) is 0 Å². The van der Waals surface area contributed by atoms with Gasteiger partial charge in [0.15, 0.2) is 5.76 Å². The molecule has 124 valence electrons. The number of nitrogens with zero attached hydrogens (tertiary/aromatic N) is 2. The lowest BCUT2D eigenvalue weighted by atomic mass is 9.95. The van der Waals surface area contributed by atoms with Crippen molar-refractivity contribution >= 4 is 11.7 Å². The first-order valence-corrected chi connectivity index (χ1v) is 8.29. The maximum Gasteiger partial charge on any atom is 0.298 e. The summed E-state index contributed by atoms with van der Waals surface area (Å²) < 4.78 is 5.08. The molecule has 1 aromatic heterocycles. The predicted octanol–water partition coefficient (Wildman–Crippen LogP) is 2.35. The molecule has 1 amide bonds. The Morgan fingerprint density at radius 3 is 2.78 bits per heavy atom. The number of piperidine rings is 1. The second-order valence-corrected chi connectivity index (χ2v) is 6.85. The van der Waals surface area contributed by atoms with Gasteiger partial charge in [-0.05, 0) is 44.7 Å². The Hall–Kier alpha value is -1.88. The molecule has 4 heterocycles. The molecule has 3 aliphatic heterocycles. The molecule has 3 aliphatic rings. The van der Waals surface area contributed by atoms with Gasteiger partial charge in [-0.1, -0.05) is 11.6 Å². The maximum absolute atomic E-state index is 12.5.